The Morgan fingerprint density at radius 3 is 3.28 bits per heavy atom. The molecule has 2 N–H and O–H groups in total. The van der Waals surface area contributed by atoms with Gasteiger partial charge >= 0.3 is 0 Å². The van der Waals surface area contributed by atoms with Gasteiger partial charge in [0.2, 0.25) is 0 Å². The Labute approximate surface area is 106 Å². The first-order valence-corrected chi connectivity index (χ1v) is 6.04. The van der Waals surface area contributed by atoms with E-state index in [1.54, 1.807) is 4.68 Å². The van der Waals surface area contributed by atoms with Crippen LogP contribution in [0.4, 0.5) is 11.4 Å². The molecule has 5 nitrogen and oxygen atoms in total. The smallest absolute Gasteiger partial charge is 0.147 e. The number of nitrogens with zero attached hydrogens (tertiary/aromatic N) is 2. The number of anilines is 2. The third-order valence-corrected chi connectivity index (χ3v) is 2.95. The predicted molar refractivity (Wildman–Crippen MR) is 71.0 cm³/mol. The molecule has 0 unspecified atom stereocenters. The van der Waals surface area contributed by atoms with Gasteiger partial charge < -0.3 is 15.4 Å². The molecule has 1 aromatic carbocycles. The highest BCUT2D eigenvalue weighted by Crippen LogP contribution is 2.31. The minimum Gasteiger partial charge on any atom is -0.489 e. The number of hydrogen-bond donors (Lipinski definition) is 2. The van der Waals surface area contributed by atoms with Crippen LogP contribution in [-0.4, -0.2) is 22.9 Å². The number of aromatic nitrogens is 2. The first-order chi connectivity index (χ1) is 8.83. The molecule has 1 aromatic heterocycles. The maximum Gasteiger partial charge on any atom is 0.147 e. The van der Waals surface area contributed by atoms with Crippen LogP contribution in [0, 0.1) is 0 Å². The van der Waals surface area contributed by atoms with Crippen LogP contribution in [0.3, 0.4) is 0 Å². The summed E-state index contributed by atoms with van der Waals surface area (Å²) in [5.41, 5.74) is 3.24. The molecule has 0 saturated heterocycles. The van der Waals surface area contributed by atoms with Gasteiger partial charge in [0.25, 0.3) is 0 Å². The van der Waals surface area contributed by atoms with Gasteiger partial charge in [0.1, 0.15) is 12.4 Å². The molecule has 0 radical (unpaired) electrons. The molecule has 1 aliphatic heterocycles. The fraction of sp³-hybridized carbons (Fsp3) is 0.308. The lowest BCUT2D eigenvalue weighted by Crippen LogP contribution is -2.19. The zero-order valence-electron chi connectivity index (χ0n) is 10.3. The van der Waals surface area contributed by atoms with Crippen molar-refractivity contribution in [3.63, 3.8) is 0 Å². The SMILES string of the molecule is Cn1cc(NCc2cccc3c2OCCN3)cn1. The van der Waals surface area contributed by atoms with Crippen LogP contribution in [0.5, 0.6) is 5.75 Å². The molecule has 0 saturated carbocycles. The molecule has 0 amide bonds. The molecule has 94 valence electrons. The van der Waals surface area contributed by atoms with Crippen molar-refractivity contribution >= 4 is 11.4 Å². The lowest BCUT2D eigenvalue weighted by Gasteiger charge is -2.21. The highest BCUT2D eigenvalue weighted by molar-refractivity contribution is 5.62. The van der Waals surface area contributed by atoms with Gasteiger partial charge in [-0.2, -0.15) is 5.10 Å². The minimum atomic E-state index is 0.719. The highest BCUT2D eigenvalue weighted by Gasteiger charge is 2.13. The maximum atomic E-state index is 5.72. The summed E-state index contributed by atoms with van der Waals surface area (Å²) in [7, 11) is 1.91. The van der Waals surface area contributed by atoms with E-state index in [1.807, 2.05) is 31.6 Å². The van der Waals surface area contributed by atoms with Crippen LogP contribution in [0.1, 0.15) is 5.56 Å². The number of fused-ring (bicyclic) bond motifs is 1. The second-order valence-corrected chi connectivity index (χ2v) is 4.33. The Morgan fingerprint density at radius 2 is 2.44 bits per heavy atom. The van der Waals surface area contributed by atoms with Crippen LogP contribution >= 0.6 is 0 Å². The molecule has 3 rings (SSSR count). The topological polar surface area (TPSA) is 51.1 Å². The summed E-state index contributed by atoms with van der Waals surface area (Å²) in [6, 6.07) is 6.16. The predicted octanol–water partition coefficient (Wildman–Crippen LogP) is 1.84. The third-order valence-electron chi connectivity index (χ3n) is 2.95. The average Bonchev–Trinajstić information content (AvgIpc) is 2.82. The van der Waals surface area contributed by atoms with Crippen molar-refractivity contribution in [1.29, 1.82) is 0 Å². The Balaban J connectivity index is 1.76. The van der Waals surface area contributed by atoms with Crippen molar-refractivity contribution in [1.82, 2.24) is 9.78 Å². The molecule has 0 fully saturated rings. The van der Waals surface area contributed by atoms with Gasteiger partial charge in [-0.1, -0.05) is 12.1 Å². The summed E-state index contributed by atoms with van der Waals surface area (Å²) in [4.78, 5) is 0. The highest BCUT2D eigenvalue weighted by atomic mass is 16.5. The first kappa shape index (κ1) is 11.0. The lowest BCUT2D eigenvalue weighted by atomic mass is 10.1. The molecule has 0 atom stereocenters. The average molecular weight is 244 g/mol. The second-order valence-electron chi connectivity index (χ2n) is 4.33. The van der Waals surface area contributed by atoms with Crippen LogP contribution in [0.15, 0.2) is 30.6 Å². The number of para-hydroxylation sites is 1. The lowest BCUT2D eigenvalue weighted by molar-refractivity contribution is 0.320. The van der Waals surface area contributed by atoms with Crippen LogP contribution in [0.2, 0.25) is 0 Å². The van der Waals surface area contributed by atoms with Gasteiger partial charge in [-0.3, -0.25) is 4.68 Å². The monoisotopic (exact) mass is 244 g/mol. The van der Waals surface area contributed by atoms with Crippen molar-refractivity contribution in [2.45, 2.75) is 6.54 Å². The van der Waals surface area contributed by atoms with Crippen molar-refractivity contribution < 1.29 is 4.74 Å². The van der Waals surface area contributed by atoms with E-state index < -0.39 is 0 Å². The van der Waals surface area contributed by atoms with Crippen molar-refractivity contribution in [3.05, 3.63) is 36.2 Å². The van der Waals surface area contributed by atoms with Gasteiger partial charge in [-0.05, 0) is 6.07 Å². The summed E-state index contributed by atoms with van der Waals surface area (Å²) in [5.74, 6) is 0.958. The Morgan fingerprint density at radius 1 is 1.50 bits per heavy atom. The number of nitrogens with one attached hydrogen (secondary N) is 2. The van der Waals surface area contributed by atoms with Crippen LogP contribution < -0.4 is 15.4 Å². The Hall–Kier alpha value is -2.17. The van der Waals surface area contributed by atoms with Crippen molar-refractivity contribution in [2.24, 2.45) is 7.05 Å². The van der Waals surface area contributed by atoms with E-state index in [0.717, 1.165) is 42.4 Å². The zero-order chi connectivity index (χ0) is 12.4. The van der Waals surface area contributed by atoms with E-state index in [2.05, 4.69) is 21.8 Å². The Kier molecular flexibility index (Phi) is 2.80. The molecule has 2 aromatic rings. The standard InChI is InChI=1S/C13H16N4O/c1-17-9-11(8-16-17)15-7-10-3-2-4-12-13(10)18-6-5-14-12/h2-4,8-9,14-15H,5-7H2,1H3. The normalized spacial score (nSPS) is 13.4. The summed E-state index contributed by atoms with van der Waals surface area (Å²) >= 11 is 0. The molecule has 18 heavy (non-hydrogen) atoms. The molecule has 1 aliphatic rings. The summed E-state index contributed by atoms with van der Waals surface area (Å²) in [6.45, 7) is 2.32. The van der Waals surface area contributed by atoms with E-state index in [-0.39, 0.29) is 0 Å². The molecular weight excluding hydrogens is 228 g/mol. The summed E-state index contributed by atoms with van der Waals surface area (Å²) < 4.78 is 7.50. The van der Waals surface area contributed by atoms with Gasteiger partial charge in [0.05, 0.1) is 17.6 Å². The maximum absolute atomic E-state index is 5.72. The molecule has 0 bridgehead atoms. The van der Waals surface area contributed by atoms with E-state index >= 15 is 0 Å². The van der Waals surface area contributed by atoms with Crippen molar-refractivity contribution in [3.8, 4) is 5.75 Å². The van der Waals surface area contributed by atoms with Crippen LogP contribution in [-0.2, 0) is 13.6 Å². The van der Waals surface area contributed by atoms with Gasteiger partial charge in [0, 0.05) is 31.9 Å². The number of aryl methyl sites for hydroxylation is 1. The number of rotatable bonds is 3. The molecular formula is C13H16N4O. The Bertz CT molecular complexity index is 550. The fourth-order valence-corrected chi connectivity index (χ4v) is 2.08. The minimum absolute atomic E-state index is 0.719. The van der Waals surface area contributed by atoms with E-state index in [4.69, 9.17) is 4.74 Å². The largest absolute Gasteiger partial charge is 0.489 e. The molecule has 0 spiro atoms. The third kappa shape index (κ3) is 2.11. The van der Waals surface area contributed by atoms with E-state index in [1.165, 1.54) is 0 Å². The van der Waals surface area contributed by atoms with Gasteiger partial charge in [-0.15, -0.1) is 0 Å². The second kappa shape index (κ2) is 4.60. The van der Waals surface area contributed by atoms with Gasteiger partial charge in [0.15, 0.2) is 0 Å². The van der Waals surface area contributed by atoms with Crippen LogP contribution in [0.25, 0.3) is 0 Å². The number of hydrogen-bond acceptors (Lipinski definition) is 4. The van der Waals surface area contributed by atoms with E-state index in [0.29, 0.717) is 0 Å². The fourth-order valence-electron chi connectivity index (χ4n) is 2.08. The first-order valence-electron chi connectivity index (χ1n) is 6.04. The molecule has 2 heterocycles. The number of ether oxygens (including phenoxy) is 1. The summed E-state index contributed by atoms with van der Waals surface area (Å²) in [5, 5.41) is 10.8. The summed E-state index contributed by atoms with van der Waals surface area (Å²) in [6.07, 6.45) is 3.77. The van der Waals surface area contributed by atoms with Gasteiger partial charge in [-0.25, -0.2) is 0 Å². The zero-order valence-corrected chi connectivity index (χ0v) is 10.3. The molecule has 5 heteroatoms. The molecule has 0 aliphatic carbocycles. The quantitative estimate of drug-likeness (QED) is 0.865. The number of benzene rings is 1. The van der Waals surface area contributed by atoms with Crippen molar-refractivity contribution in [2.75, 3.05) is 23.8 Å². The van der Waals surface area contributed by atoms with E-state index in [9.17, 15) is 0 Å².